The molecule has 0 aliphatic rings. The van der Waals surface area contributed by atoms with E-state index in [1.807, 2.05) is 42.7 Å². The molecule has 0 fully saturated rings. The number of hydrogen-bond donors (Lipinski definition) is 0. The van der Waals surface area contributed by atoms with Gasteiger partial charge in [0.1, 0.15) is 0 Å². The Hall–Kier alpha value is -2.13. The van der Waals surface area contributed by atoms with Crippen molar-refractivity contribution in [3.63, 3.8) is 0 Å². The third-order valence-electron chi connectivity index (χ3n) is 3.25. The molecule has 2 aromatic carbocycles. The number of hydrogen-bond acceptors (Lipinski definition) is 1. The molecule has 0 atom stereocenters. The van der Waals surface area contributed by atoms with Crippen molar-refractivity contribution in [1.29, 1.82) is 0 Å². The van der Waals surface area contributed by atoms with Crippen LogP contribution in [0, 0.1) is 6.92 Å². The molecule has 0 aliphatic carbocycles. The van der Waals surface area contributed by atoms with Gasteiger partial charge in [-0.2, -0.15) is 0 Å². The van der Waals surface area contributed by atoms with Crippen LogP contribution in [0.25, 0.3) is 5.69 Å². The van der Waals surface area contributed by atoms with Crippen LogP contribution >= 0.6 is 15.9 Å². The monoisotopic (exact) mass is 338 g/mol. The van der Waals surface area contributed by atoms with Crippen LogP contribution in [0.15, 0.2) is 76.3 Å². The van der Waals surface area contributed by atoms with E-state index in [0.717, 1.165) is 21.5 Å². The molecule has 0 N–H and O–H groups in total. The van der Waals surface area contributed by atoms with Gasteiger partial charge in [0, 0.05) is 16.4 Å². The highest BCUT2D eigenvalue weighted by Crippen LogP contribution is 2.26. The van der Waals surface area contributed by atoms with E-state index in [2.05, 4.69) is 62.7 Å². The van der Waals surface area contributed by atoms with Crippen LogP contribution < -0.4 is 0 Å². The van der Waals surface area contributed by atoms with E-state index in [4.69, 9.17) is 0 Å². The summed E-state index contributed by atoms with van der Waals surface area (Å²) in [5.74, 6) is 0. The molecule has 3 heteroatoms. The normalized spacial score (nSPS) is 11.1. The smallest absolute Gasteiger partial charge is 0.0772 e. The van der Waals surface area contributed by atoms with Crippen molar-refractivity contribution in [2.24, 2.45) is 4.99 Å². The molecule has 2 nitrogen and oxygen atoms in total. The molecule has 0 radical (unpaired) electrons. The van der Waals surface area contributed by atoms with E-state index >= 15 is 0 Å². The average Bonchev–Trinajstić information content (AvgIpc) is 2.96. The van der Waals surface area contributed by atoms with Gasteiger partial charge in [-0.15, -0.1) is 0 Å². The summed E-state index contributed by atoms with van der Waals surface area (Å²) in [5, 5.41) is 0. The Morgan fingerprint density at radius 3 is 2.57 bits per heavy atom. The van der Waals surface area contributed by atoms with E-state index in [9.17, 15) is 0 Å². The Balaban J connectivity index is 1.93. The molecule has 0 unspecified atom stereocenters. The Morgan fingerprint density at radius 1 is 1.00 bits per heavy atom. The molecule has 0 spiro atoms. The van der Waals surface area contributed by atoms with Gasteiger partial charge in [-0.05, 0) is 64.8 Å². The van der Waals surface area contributed by atoms with Gasteiger partial charge in [0.25, 0.3) is 0 Å². The van der Waals surface area contributed by atoms with E-state index in [-0.39, 0.29) is 0 Å². The minimum atomic E-state index is 0.932. The summed E-state index contributed by atoms with van der Waals surface area (Å²) in [6.07, 6.45) is 3.93. The maximum atomic E-state index is 4.58. The number of aromatic nitrogens is 1. The van der Waals surface area contributed by atoms with Crippen LogP contribution in [0.3, 0.4) is 0 Å². The number of rotatable bonds is 3. The highest BCUT2D eigenvalue weighted by molar-refractivity contribution is 9.10. The predicted molar refractivity (Wildman–Crippen MR) is 91.9 cm³/mol. The van der Waals surface area contributed by atoms with Gasteiger partial charge < -0.3 is 4.57 Å². The topological polar surface area (TPSA) is 17.3 Å². The first-order valence-electron chi connectivity index (χ1n) is 6.77. The molecule has 1 aromatic heterocycles. The van der Waals surface area contributed by atoms with Gasteiger partial charge in [-0.1, -0.05) is 24.3 Å². The van der Waals surface area contributed by atoms with Gasteiger partial charge >= 0.3 is 0 Å². The van der Waals surface area contributed by atoms with Crippen LogP contribution in [0.2, 0.25) is 0 Å². The minimum Gasteiger partial charge on any atom is -0.316 e. The number of halogens is 1. The molecular formula is C18H15BrN2. The van der Waals surface area contributed by atoms with Gasteiger partial charge in [0.15, 0.2) is 0 Å². The zero-order chi connectivity index (χ0) is 14.7. The molecule has 21 heavy (non-hydrogen) atoms. The van der Waals surface area contributed by atoms with Gasteiger partial charge in [0.05, 0.1) is 17.6 Å². The molecule has 0 amide bonds. The third kappa shape index (κ3) is 3.14. The highest BCUT2D eigenvalue weighted by atomic mass is 79.9. The largest absolute Gasteiger partial charge is 0.316 e. The summed E-state index contributed by atoms with van der Waals surface area (Å²) < 4.78 is 3.13. The number of para-hydroxylation sites is 1. The zero-order valence-electron chi connectivity index (χ0n) is 11.7. The second-order valence-electron chi connectivity index (χ2n) is 4.85. The SMILES string of the molecule is Cc1ccc(N=Cc2cccn2-c2ccccc2)c(Br)c1. The number of benzene rings is 2. The van der Waals surface area contributed by atoms with Crippen molar-refractivity contribution in [1.82, 2.24) is 4.57 Å². The quantitative estimate of drug-likeness (QED) is 0.576. The molecular weight excluding hydrogens is 324 g/mol. The lowest BCUT2D eigenvalue weighted by molar-refractivity contribution is 1.07. The summed E-state index contributed by atoms with van der Waals surface area (Å²) in [6.45, 7) is 2.07. The van der Waals surface area contributed by atoms with Crippen LogP contribution in [0.5, 0.6) is 0 Å². The number of nitrogens with zero attached hydrogens (tertiary/aromatic N) is 2. The first-order chi connectivity index (χ1) is 10.2. The lowest BCUT2D eigenvalue weighted by atomic mass is 10.2. The number of aliphatic imine (C=N–C) groups is 1. The molecule has 1 heterocycles. The van der Waals surface area contributed by atoms with Gasteiger partial charge in [0.2, 0.25) is 0 Å². The minimum absolute atomic E-state index is 0.932. The third-order valence-corrected chi connectivity index (χ3v) is 3.89. The van der Waals surface area contributed by atoms with Gasteiger partial charge in [-0.25, -0.2) is 0 Å². The summed E-state index contributed by atoms with van der Waals surface area (Å²) in [7, 11) is 0. The molecule has 3 rings (SSSR count). The lowest BCUT2D eigenvalue weighted by Gasteiger charge is -2.06. The van der Waals surface area contributed by atoms with E-state index in [1.165, 1.54) is 5.56 Å². The maximum Gasteiger partial charge on any atom is 0.0772 e. The molecule has 104 valence electrons. The van der Waals surface area contributed by atoms with Crippen LogP contribution in [0.4, 0.5) is 5.69 Å². The van der Waals surface area contributed by atoms with Crippen molar-refractivity contribution in [2.45, 2.75) is 6.92 Å². The summed E-state index contributed by atoms with van der Waals surface area (Å²) in [5.41, 5.74) is 4.33. The summed E-state index contributed by atoms with van der Waals surface area (Å²) >= 11 is 3.55. The van der Waals surface area contributed by atoms with Crippen molar-refractivity contribution in [2.75, 3.05) is 0 Å². The predicted octanol–water partition coefficient (Wildman–Crippen LogP) is 5.30. The van der Waals surface area contributed by atoms with Gasteiger partial charge in [-0.3, -0.25) is 4.99 Å². The Bertz CT molecular complexity index is 773. The zero-order valence-corrected chi connectivity index (χ0v) is 13.3. The Labute approximate surface area is 132 Å². The maximum absolute atomic E-state index is 4.58. The molecule has 0 aliphatic heterocycles. The summed E-state index contributed by atoms with van der Waals surface area (Å²) in [4.78, 5) is 4.58. The Morgan fingerprint density at radius 2 is 1.81 bits per heavy atom. The van der Waals surface area contributed by atoms with Crippen molar-refractivity contribution < 1.29 is 0 Å². The lowest BCUT2D eigenvalue weighted by Crippen LogP contribution is -1.97. The Kier molecular flexibility index (Phi) is 4.02. The van der Waals surface area contributed by atoms with Crippen LogP contribution in [-0.4, -0.2) is 10.8 Å². The second kappa shape index (κ2) is 6.10. The van der Waals surface area contributed by atoms with Crippen LogP contribution in [-0.2, 0) is 0 Å². The van der Waals surface area contributed by atoms with Crippen LogP contribution in [0.1, 0.15) is 11.3 Å². The molecule has 0 bridgehead atoms. The van der Waals surface area contributed by atoms with E-state index in [0.29, 0.717) is 0 Å². The highest BCUT2D eigenvalue weighted by Gasteiger charge is 2.01. The number of aryl methyl sites for hydroxylation is 1. The fraction of sp³-hybridized carbons (Fsp3) is 0.0556. The fourth-order valence-corrected chi connectivity index (χ4v) is 2.77. The first-order valence-corrected chi connectivity index (χ1v) is 7.56. The van der Waals surface area contributed by atoms with Crippen molar-refractivity contribution in [3.05, 3.63) is 82.6 Å². The second-order valence-corrected chi connectivity index (χ2v) is 5.71. The first kappa shape index (κ1) is 13.8. The van der Waals surface area contributed by atoms with Crippen molar-refractivity contribution >= 4 is 27.8 Å². The average molecular weight is 339 g/mol. The standard InChI is InChI=1S/C18H15BrN2/c1-14-9-10-18(17(19)12-14)20-13-16-8-5-11-21(16)15-6-3-2-4-7-15/h2-13H,1H3. The molecule has 0 saturated carbocycles. The molecule has 3 aromatic rings. The molecule has 0 saturated heterocycles. The van der Waals surface area contributed by atoms with E-state index in [1.54, 1.807) is 0 Å². The van der Waals surface area contributed by atoms with E-state index < -0.39 is 0 Å². The van der Waals surface area contributed by atoms with Crippen molar-refractivity contribution in [3.8, 4) is 5.69 Å². The fourth-order valence-electron chi connectivity index (χ4n) is 2.18. The summed E-state index contributed by atoms with van der Waals surface area (Å²) in [6, 6.07) is 20.5.